The first-order valence-electron chi connectivity index (χ1n) is 9.19. The minimum Gasteiger partial charge on any atom is -0.207 e. The lowest BCUT2D eigenvalue weighted by Gasteiger charge is -2.08. The molecule has 3 aromatic carbocycles. The van der Waals surface area contributed by atoms with Gasteiger partial charge in [-0.05, 0) is 52.3 Å². The second-order valence-electron chi connectivity index (χ2n) is 6.58. The summed E-state index contributed by atoms with van der Waals surface area (Å²) in [4.78, 5) is 0. The second kappa shape index (κ2) is 8.11. The lowest BCUT2D eigenvalue weighted by atomic mass is 9.98. The van der Waals surface area contributed by atoms with Crippen LogP contribution in [0.25, 0.3) is 22.3 Å². The van der Waals surface area contributed by atoms with Crippen molar-refractivity contribution in [3.63, 3.8) is 0 Å². The number of hydrogen-bond acceptors (Lipinski definition) is 0. The monoisotopic (exact) mass is 332 g/mol. The maximum absolute atomic E-state index is 14.2. The summed E-state index contributed by atoms with van der Waals surface area (Å²) in [5.41, 5.74) is 6.57. The molecule has 0 N–H and O–H groups in total. The Kier molecular flexibility index (Phi) is 5.65. The Balaban J connectivity index is 1.81. The molecule has 0 bridgehead atoms. The highest BCUT2D eigenvalue weighted by atomic mass is 19.1. The van der Waals surface area contributed by atoms with Gasteiger partial charge in [0.25, 0.3) is 0 Å². The molecule has 0 saturated carbocycles. The standard InChI is InChI=1S/C24H25F/c1-3-5-18-7-9-19(10-8-18)20-11-13-21(14-12-20)23-16-15-22(6-4-2)24(25)17-23/h7-17H,3-6H2,1-2H3. The largest absolute Gasteiger partial charge is 0.207 e. The highest BCUT2D eigenvalue weighted by Gasteiger charge is 2.05. The normalized spacial score (nSPS) is 10.8. The van der Waals surface area contributed by atoms with Crippen LogP contribution in [0.1, 0.15) is 37.8 Å². The number of hydrogen-bond donors (Lipinski definition) is 0. The van der Waals surface area contributed by atoms with Gasteiger partial charge < -0.3 is 0 Å². The fourth-order valence-electron chi connectivity index (χ4n) is 3.21. The van der Waals surface area contributed by atoms with E-state index in [9.17, 15) is 4.39 Å². The SMILES string of the molecule is CCCc1ccc(-c2ccc(-c3ccc(CCC)c(F)c3)cc2)cc1. The van der Waals surface area contributed by atoms with Crippen molar-refractivity contribution in [2.24, 2.45) is 0 Å². The smallest absolute Gasteiger partial charge is 0.127 e. The summed E-state index contributed by atoms with van der Waals surface area (Å²) >= 11 is 0. The van der Waals surface area contributed by atoms with E-state index in [0.29, 0.717) is 0 Å². The summed E-state index contributed by atoms with van der Waals surface area (Å²) in [5, 5.41) is 0. The molecule has 0 aliphatic rings. The van der Waals surface area contributed by atoms with Crippen LogP contribution in [-0.2, 0) is 12.8 Å². The lowest BCUT2D eigenvalue weighted by molar-refractivity contribution is 0.608. The van der Waals surface area contributed by atoms with E-state index >= 15 is 0 Å². The molecule has 0 radical (unpaired) electrons. The molecular weight excluding hydrogens is 307 g/mol. The minimum atomic E-state index is -0.102. The van der Waals surface area contributed by atoms with Crippen LogP contribution in [0.2, 0.25) is 0 Å². The van der Waals surface area contributed by atoms with E-state index in [0.717, 1.165) is 36.0 Å². The van der Waals surface area contributed by atoms with Crippen LogP contribution in [0.4, 0.5) is 4.39 Å². The van der Waals surface area contributed by atoms with E-state index in [-0.39, 0.29) is 5.82 Å². The molecule has 3 rings (SSSR count). The van der Waals surface area contributed by atoms with E-state index in [1.807, 2.05) is 12.1 Å². The van der Waals surface area contributed by atoms with Gasteiger partial charge in [-0.25, -0.2) is 4.39 Å². The van der Waals surface area contributed by atoms with Gasteiger partial charge in [0.15, 0.2) is 0 Å². The summed E-state index contributed by atoms with van der Waals surface area (Å²) in [6.07, 6.45) is 4.04. The Morgan fingerprint density at radius 1 is 0.600 bits per heavy atom. The molecule has 0 unspecified atom stereocenters. The predicted octanol–water partition coefficient (Wildman–Crippen LogP) is 7.06. The Bertz CT molecular complexity index is 814. The number of rotatable bonds is 6. The maximum atomic E-state index is 14.2. The van der Waals surface area contributed by atoms with Crippen molar-refractivity contribution in [2.45, 2.75) is 39.5 Å². The molecule has 0 spiro atoms. The molecule has 3 aromatic rings. The minimum absolute atomic E-state index is 0.102. The van der Waals surface area contributed by atoms with Crippen molar-refractivity contribution in [3.05, 3.63) is 83.7 Å². The first-order chi connectivity index (χ1) is 12.2. The zero-order chi connectivity index (χ0) is 17.6. The Labute approximate surface area is 150 Å². The molecule has 0 heterocycles. The van der Waals surface area contributed by atoms with Crippen molar-refractivity contribution in [2.75, 3.05) is 0 Å². The molecule has 0 aromatic heterocycles. The Hall–Kier alpha value is -2.41. The number of benzene rings is 3. The van der Waals surface area contributed by atoms with Crippen LogP contribution in [0.3, 0.4) is 0 Å². The third-order valence-electron chi connectivity index (χ3n) is 4.62. The summed E-state index contributed by atoms with van der Waals surface area (Å²) in [6, 6.07) is 22.7. The average Bonchev–Trinajstić information content (AvgIpc) is 2.65. The number of halogens is 1. The van der Waals surface area contributed by atoms with Gasteiger partial charge in [-0.3, -0.25) is 0 Å². The van der Waals surface area contributed by atoms with Gasteiger partial charge in [0.05, 0.1) is 0 Å². The van der Waals surface area contributed by atoms with E-state index in [4.69, 9.17) is 0 Å². The maximum Gasteiger partial charge on any atom is 0.127 e. The molecule has 128 valence electrons. The van der Waals surface area contributed by atoms with Crippen molar-refractivity contribution in [3.8, 4) is 22.3 Å². The van der Waals surface area contributed by atoms with E-state index in [1.165, 1.54) is 23.1 Å². The Morgan fingerprint density at radius 3 is 1.60 bits per heavy atom. The molecule has 0 nitrogen and oxygen atoms in total. The van der Waals surface area contributed by atoms with E-state index < -0.39 is 0 Å². The molecule has 1 heteroatoms. The van der Waals surface area contributed by atoms with E-state index in [1.54, 1.807) is 6.07 Å². The van der Waals surface area contributed by atoms with Crippen LogP contribution in [-0.4, -0.2) is 0 Å². The molecule has 0 aliphatic carbocycles. The highest BCUT2D eigenvalue weighted by Crippen LogP contribution is 2.26. The summed E-state index contributed by atoms with van der Waals surface area (Å²) in [6.45, 7) is 4.27. The summed E-state index contributed by atoms with van der Waals surface area (Å²) < 4.78 is 14.2. The molecular formula is C24H25F. The van der Waals surface area contributed by atoms with Crippen molar-refractivity contribution in [1.82, 2.24) is 0 Å². The fourth-order valence-corrected chi connectivity index (χ4v) is 3.21. The summed E-state index contributed by atoms with van der Waals surface area (Å²) in [5.74, 6) is -0.102. The zero-order valence-electron chi connectivity index (χ0n) is 15.1. The van der Waals surface area contributed by atoms with Gasteiger partial charge in [0, 0.05) is 0 Å². The lowest BCUT2D eigenvalue weighted by Crippen LogP contribution is -1.90. The molecule has 0 atom stereocenters. The molecule has 0 saturated heterocycles. The van der Waals surface area contributed by atoms with Crippen LogP contribution in [0.5, 0.6) is 0 Å². The van der Waals surface area contributed by atoms with E-state index in [2.05, 4.69) is 62.4 Å². The Morgan fingerprint density at radius 2 is 1.08 bits per heavy atom. The fraction of sp³-hybridized carbons (Fsp3) is 0.250. The van der Waals surface area contributed by atoms with Crippen LogP contribution in [0.15, 0.2) is 66.7 Å². The van der Waals surface area contributed by atoms with Gasteiger partial charge in [-0.15, -0.1) is 0 Å². The van der Waals surface area contributed by atoms with Gasteiger partial charge in [0.2, 0.25) is 0 Å². The average molecular weight is 332 g/mol. The van der Waals surface area contributed by atoms with Crippen LogP contribution >= 0.6 is 0 Å². The first-order valence-corrected chi connectivity index (χ1v) is 9.19. The highest BCUT2D eigenvalue weighted by molar-refractivity contribution is 5.70. The van der Waals surface area contributed by atoms with Gasteiger partial charge in [0.1, 0.15) is 5.82 Å². The van der Waals surface area contributed by atoms with Crippen molar-refractivity contribution < 1.29 is 4.39 Å². The molecule has 0 fully saturated rings. The van der Waals surface area contributed by atoms with Crippen molar-refractivity contribution >= 4 is 0 Å². The van der Waals surface area contributed by atoms with Crippen molar-refractivity contribution in [1.29, 1.82) is 0 Å². The van der Waals surface area contributed by atoms with Crippen LogP contribution < -0.4 is 0 Å². The first kappa shape index (κ1) is 17.4. The third kappa shape index (κ3) is 4.17. The molecule has 0 amide bonds. The molecule has 25 heavy (non-hydrogen) atoms. The zero-order valence-corrected chi connectivity index (χ0v) is 15.1. The number of aryl methyl sites for hydroxylation is 2. The second-order valence-corrected chi connectivity index (χ2v) is 6.58. The van der Waals surface area contributed by atoms with Crippen LogP contribution in [0, 0.1) is 5.82 Å². The summed E-state index contributed by atoms with van der Waals surface area (Å²) in [7, 11) is 0. The molecule has 0 aliphatic heterocycles. The predicted molar refractivity (Wildman–Crippen MR) is 105 cm³/mol. The topological polar surface area (TPSA) is 0 Å². The van der Waals surface area contributed by atoms with Gasteiger partial charge in [-0.1, -0.05) is 87.4 Å². The quantitative estimate of drug-likeness (QED) is 0.453. The van der Waals surface area contributed by atoms with Gasteiger partial charge in [-0.2, -0.15) is 0 Å². The van der Waals surface area contributed by atoms with Gasteiger partial charge >= 0.3 is 0 Å². The third-order valence-corrected chi connectivity index (χ3v) is 4.62.